The van der Waals surface area contributed by atoms with Crippen LogP contribution in [0, 0.1) is 23.5 Å². The summed E-state index contributed by atoms with van der Waals surface area (Å²) in [4.78, 5) is 25.2. The molecular weight excluding hydrogens is 719 g/mol. The first kappa shape index (κ1) is 47.2. The predicted molar refractivity (Wildman–Crippen MR) is 228 cm³/mol. The third-order valence-corrected chi connectivity index (χ3v) is 10.3. The Bertz CT molecular complexity index is 1640. The molecule has 0 unspecified atom stereocenters. The van der Waals surface area contributed by atoms with E-state index in [1.807, 2.05) is 6.92 Å². The molecule has 0 aromatic heterocycles. The van der Waals surface area contributed by atoms with E-state index in [0.717, 1.165) is 51.0 Å². The van der Waals surface area contributed by atoms with E-state index in [1.165, 1.54) is 133 Å². The summed E-state index contributed by atoms with van der Waals surface area (Å²) in [6.45, 7) is 6.74. The van der Waals surface area contributed by atoms with Crippen LogP contribution in [0.3, 0.4) is 0 Å². The Morgan fingerprint density at radius 2 is 0.982 bits per heavy atom. The Labute approximate surface area is 342 Å². The molecule has 0 fully saturated rings. The molecule has 0 bridgehead atoms. The summed E-state index contributed by atoms with van der Waals surface area (Å²) < 4.78 is 46.1. The van der Waals surface area contributed by atoms with E-state index < -0.39 is 17.6 Å². The fourth-order valence-corrected chi connectivity index (χ4v) is 6.75. The largest absolute Gasteiger partial charge is 0.491 e. The van der Waals surface area contributed by atoms with Crippen molar-refractivity contribution < 1.29 is 32.6 Å². The van der Waals surface area contributed by atoms with Crippen molar-refractivity contribution >= 4 is 11.9 Å². The van der Waals surface area contributed by atoms with Gasteiger partial charge in [-0.15, -0.1) is 0 Å². The number of hydrogen-bond acceptors (Lipinski definition) is 5. The number of ether oxygens (including phenoxy) is 3. The molecule has 0 radical (unpaired) electrons. The lowest BCUT2D eigenvalue weighted by molar-refractivity contribution is 0.0319. The summed E-state index contributed by atoms with van der Waals surface area (Å²) in [5.74, 6) is 2.92. The second kappa shape index (κ2) is 29.1. The summed E-state index contributed by atoms with van der Waals surface area (Å²) in [5.41, 5.74) is 1.40. The Morgan fingerprint density at radius 1 is 0.526 bits per heavy atom. The number of hydrogen-bond donors (Lipinski definition) is 0. The minimum absolute atomic E-state index is 0.0509. The zero-order valence-electron chi connectivity index (χ0n) is 35.1. The standard InChI is InChI=1S/C50H68F2O5/c1-4-6-8-10-11-12-13-14-15-16-17-18-19-20-21-22-23-25-37-55-47-36-34-44(39-46(47)52)50(54)57-48-35-31-42(38-45(48)51)28-27-41-29-32-43(33-30-41)49(53)56-40(3)26-24-9-7-5-2/h29-36,38-40H,4-26,37H2,1-3H3/t40-/m1/s1. The summed E-state index contributed by atoms with van der Waals surface area (Å²) in [6.07, 6.45) is 28.6. The van der Waals surface area contributed by atoms with Crippen molar-refractivity contribution in [1.29, 1.82) is 0 Å². The minimum atomic E-state index is -0.883. The van der Waals surface area contributed by atoms with Crippen LogP contribution in [0.25, 0.3) is 0 Å². The van der Waals surface area contributed by atoms with Gasteiger partial charge in [-0.3, -0.25) is 0 Å². The average molecular weight is 787 g/mol. The van der Waals surface area contributed by atoms with Gasteiger partial charge in [0.05, 0.1) is 23.8 Å². The van der Waals surface area contributed by atoms with Gasteiger partial charge in [-0.05, 0) is 86.8 Å². The van der Waals surface area contributed by atoms with Crippen LogP contribution in [0.15, 0.2) is 60.7 Å². The number of unbranched alkanes of at least 4 members (excludes halogenated alkanes) is 20. The van der Waals surface area contributed by atoms with Crippen molar-refractivity contribution in [3.05, 3.63) is 94.6 Å². The number of carbonyl (C=O) groups is 2. The van der Waals surface area contributed by atoms with Gasteiger partial charge >= 0.3 is 11.9 Å². The van der Waals surface area contributed by atoms with Gasteiger partial charge in [0, 0.05) is 11.1 Å². The number of benzene rings is 3. The molecule has 0 aliphatic carbocycles. The Morgan fingerprint density at radius 3 is 1.53 bits per heavy atom. The molecule has 5 nitrogen and oxygen atoms in total. The van der Waals surface area contributed by atoms with Gasteiger partial charge < -0.3 is 14.2 Å². The zero-order valence-corrected chi connectivity index (χ0v) is 35.1. The second-order valence-corrected chi connectivity index (χ2v) is 15.4. The van der Waals surface area contributed by atoms with Crippen molar-refractivity contribution in [3.8, 4) is 23.3 Å². The van der Waals surface area contributed by atoms with Crippen molar-refractivity contribution in [2.24, 2.45) is 0 Å². The molecule has 0 N–H and O–H groups in total. The van der Waals surface area contributed by atoms with Crippen LogP contribution in [0.1, 0.15) is 200 Å². The molecule has 3 aromatic rings. The SMILES string of the molecule is CCCCCCCCCCCCCCCCCCCCOc1ccc(C(=O)Oc2ccc(C#Cc3ccc(C(=O)O[C@H](C)CCCCCC)cc3)cc2F)cc1F. The minimum Gasteiger partial charge on any atom is -0.491 e. The number of halogens is 2. The third-order valence-electron chi connectivity index (χ3n) is 10.3. The predicted octanol–water partition coefficient (Wildman–Crippen LogP) is 14.5. The normalized spacial score (nSPS) is 11.5. The van der Waals surface area contributed by atoms with Crippen LogP contribution < -0.4 is 9.47 Å². The van der Waals surface area contributed by atoms with Gasteiger partial charge in [0.25, 0.3) is 0 Å². The first-order valence-electron chi connectivity index (χ1n) is 22.1. The average Bonchev–Trinajstić information content (AvgIpc) is 3.21. The molecule has 0 saturated heterocycles. The summed E-state index contributed by atoms with van der Waals surface area (Å²) in [5, 5.41) is 0. The fourth-order valence-electron chi connectivity index (χ4n) is 6.75. The number of esters is 2. The molecule has 312 valence electrons. The van der Waals surface area contributed by atoms with Gasteiger partial charge in [0.1, 0.15) is 0 Å². The Balaban J connectivity index is 1.29. The summed E-state index contributed by atoms with van der Waals surface area (Å²) in [7, 11) is 0. The maximum absolute atomic E-state index is 14.9. The van der Waals surface area contributed by atoms with E-state index in [1.54, 1.807) is 24.3 Å². The van der Waals surface area contributed by atoms with Crippen molar-refractivity contribution in [3.63, 3.8) is 0 Å². The molecule has 1 atom stereocenters. The Kier molecular flexibility index (Phi) is 24.1. The van der Waals surface area contributed by atoms with Crippen LogP contribution in [0.5, 0.6) is 11.5 Å². The molecule has 0 amide bonds. The summed E-state index contributed by atoms with van der Waals surface area (Å²) in [6, 6.07) is 14.6. The first-order chi connectivity index (χ1) is 27.8. The van der Waals surface area contributed by atoms with E-state index in [-0.39, 0.29) is 29.1 Å². The van der Waals surface area contributed by atoms with Crippen LogP contribution in [0.4, 0.5) is 8.78 Å². The van der Waals surface area contributed by atoms with E-state index in [0.29, 0.717) is 23.3 Å². The maximum atomic E-state index is 14.9. The smallest absolute Gasteiger partial charge is 0.343 e. The number of rotatable bonds is 29. The highest BCUT2D eigenvalue weighted by Gasteiger charge is 2.16. The van der Waals surface area contributed by atoms with Crippen molar-refractivity contribution in [1.82, 2.24) is 0 Å². The van der Waals surface area contributed by atoms with Gasteiger partial charge in [-0.25, -0.2) is 18.4 Å². The maximum Gasteiger partial charge on any atom is 0.343 e. The van der Waals surface area contributed by atoms with Gasteiger partial charge in [-0.2, -0.15) is 0 Å². The molecule has 0 saturated carbocycles. The first-order valence-corrected chi connectivity index (χ1v) is 22.1. The Hall–Kier alpha value is -4.18. The van der Waals surface area contributed by atoms with E-state index in [4.69, 9.17) is 14.2 Å². The van der Waals surface area contributed by atoms with E-state index >= 15 is 0 Å². The number of carbonyl (C=O) groups excluding carboxylic acids is 2. The molecule has 0 aliphatic heterocycles. The summed E-state index contributed by atoms with van der Waals surface area (Å²) >= 11 is 0. The highest BCUT2D eigenvalue weighted by atomic mass is 19.1. The molecule has 0 aliphatic rings. The lowest BCUT2D eigenvalue weighted by Crippen LogP contribution is -2.15. The van der Waals surface area contributed by atoms with Crippen molar-refractivity contribution in [2.45, 2.75) is 175 Å². The van der Waals surface area contributed by atoms with E-state index in [9.17, 15) is 18.4 Å². The third kappa shape index (κ3) is 20.2. The monoisotopic (exact) mass is 787 g/mol. The zero-order chi connectivity index (χ0) is 40.9. The highest BCUT2D eigenvalue weighted by molar-refractivity contribution is 5.91. The molecule has 3 rings (SSSR count). The van der Waals surface area contributed by atoms with Crippen molar-refractivity contribution in [2.75, 3.05) is 6.61 Å². The highest BCUT2D eigenvalue weighted by Crippen LogP contribution is 2.23. The molecular formula is C50H68F2O5. The van der Waals surface area contributed by atoms with Crippen LogP contribution in [-0.2, 0) is 4.74 Å². The van der Waals surface area contributed by atoms with Gasteiger partial charge in [0.2, 0.25) is 0 Å². The lowest BCUT2D eigenvalue weighted by atomic mass is 10.0. The molecule has 7 heteroatoms. The van der Waals surface area contributed by atoms with E-state index in [2.05, 4.69) is 25.7 Å². The quantitative estimate of drug-likeness (QED) is 0.0303. The lowest BCUT2D eigenvalue weighted by Gasteiger charge is -2.13. The molecule has 57 heavy (non-hydrogen) atoms. The molecule has 0 heterocycles. The molecule has 3 aromatic carbocycles. The van der Waals surface area contributed by atoms with Crippen LogP contribution in [-0.4, -0.2) is 24.6 Å². The molecule has 0 spiro atoms. The van der Waals surface area contributed by atoms with Gasteiger partial charge in [0.15, 0.2) is 23.1 Å². The van der Waals surface area contributed by atoms with Crippen LogP contribution in [0.2, 0.25) is 0 Å². The van der Waals surface area contributed by atoms with Gasteiger partial charge in [-0.1, -0.05) is 154 Å². The second-order valence-electron chi connectivity index (χ2n) is 15.4. The van der Waals surface area contributed by atoms with Crippen LogP contribution >= 0.6 is 0 Å². The fraction of sp³-hybridized carbons (Fsp3) is 0.560. The topological polar surface area (TPSA) is 61.8 Å².